The van der Waals surface area contributed by atoms with Crippen LogP contribution in [-0.2, 0) is 4.79 Å². The van der Waals surface area contributed by atoms with E-state index in [1.165, 1.54) is 32.1 Å². The Morgan fingerprint density at radius 3 is 2.53 bits per heavy atom. The molecule has 1 N–H and O–H groups in total. The third-order valence-electron chi connectivity index (χ3n) is 4.69. The third kappa shape index (κ3) is 3.21. The number of rotatable bonds is 5. The molecule has 0 aromatic carbocycles. The minimum atomic E-state index is -0.660. The van der Waals surface area contributed by atoms with Gasteiger partial charge in [0.05, 0.1) is 6.42 Å². The van der Waals surface area contributed by atoms with Crippen molar-refractivity contribution in [3.05, 3.63) is 0 Å². The van der Waals surface area contributed by atoms with E-state index in [4.69, 9.17) is 5.11 Å². The average molecular weight is 239 g/mol. The van der Waals surface area contributed by atoms with Gasteiger partial charge in [-0.15, -0.1) is 0 Å². The fraction of sp³-hybridized carbons (Fsp3) is 0.929. The van der Waals surface area contributed by atoms with Crippen LogP contribution in [0, 0.1) is 11.8 Å². The molecule has 2 saturated carbocycles. The quantitative estimate of drug-likeness (QED) is 0.802. The molecule has 3 nitrogen and oxygen atoms in total. The molecule has 2 fully saturated rings. The zero-order valence-corrected chi connectivity index (χ0v) is 11.1. The van der Waals surface area contributed by atoms with E-state index in [1.54, 1.807) is 0 Å². The minimum absolute atomic E-state index is 0.300. The smallest absolute Gasteiger partial charge is 0.304 e. The summed E-state index contributed by atoms with van der Waals surface area (Å²) in [6, 6.07) is 1.32. The van der Waals surface area contributed by atoms with Crippen molar-refractivity contribution < 1.29 is 9.90 Å². The van der Waals surface area contributed by atoms with Gasteiger partial charge in [0.25, 0.3) is 0 Å². The van der Waals surface area contributed by atoms with E-state index in [0.717, 1.165) is 18.4 Å². The zero-order valence-electron chi connectivity index (χ0n) is 11.1. The van der Waals surface area contributed by atoms with Gasteiger partial charge in [0.1, 0.15) is 0 Å². The van der Waals surface area contributed by atoms with Gasteiger partial charge >= 0.3 is 5.97 Å². The van der Waals surface area contributed by atoms with Crippen LogP contribution in [0.3, 0.4) is 0 Å². The topological polar surface area (TPSA) is 40.5 Å². The summed E-state index contributed by atoms with van der Waals surface area (Å²) in [6.07, 6.45) is 6.77. The Kier molecular flexibility index (Phi) is 4.08. The molecule has 2 aliphatic rings. The molecule has 0 bridgehead atoms. The number of hydrogen-bond acceptors (Lipinski definition) is 2. The largest absolute Gasteiger partial charge is 0.481 e. The lowest BCUT2D eigenvalue weighted by molar-refractivity contribution is -0.137. The van der Waals surface area contributed by atoms with Gasteiger partial charge < -0.3 is 5.11 Å². The van der Waals surface area contributed by atoms with Gasteiger partial charge in [0, 0.05) is 18.6 Å². The highest BCUT2D eigenvalue weighted by Crippen LogP contribution is 2.38. The Hall–Kier alpha value is -0.570. The molecule has 0 spiro atoms. The highest BCUT2D eigenvalue weighted by atomic mass is 16.4. The van der Waals surface area contributed by atoms with E-state index in [2.05, 4.69) is 18.7 Å². The SMILES string of the molecule is CC1CCCC(N(CCC(=O)O)C2CC2)C1C. The lowest BCUT2D eigenvalue weighted by atomic mass is 9.77. The van der Waals surface area contributed by atoms with Crippen molar-refractivity contribution in [1.82, 2.24) is 4.90 Å². The van der Waals surface area contributed by atoms with Crippen molar-refractivity contribution in [2.75, 3.05) is 6.54 Å². The van der Waals surface area contributed by atoms with Gasteiger partial charge in [-0.25, -0.2) is 0 Å². The highest BCUT2D eigenvalue weighted by molar-refractivity contribution is 5.66. The molecule has 17 heavy (non-hydrogen) atoms. The fourth-order valence-electron chi connectivity index (χ4n) is 3.27. The molecule has 0 aromatic rings. The van der Waals surface area contributed by atoms with Crippen molar-refractivity contribution >= 4 is 5.97 Å². The molecule has 3 unspecified atom stereocenters. The first-order valence-electron chi connectivity index (χ1n) is 7.07. The molecule has 0 saturated heterocycles. The number of aliphatic carboxylic acids is 1. The molecule has 3 heteroatoms. The second-order valence-electron chi connectivity index (χ2n) is 5.95. The van der Waals surface area contributed by atoms with Gasteiger partial charge in [-0.2, -0.15) is 0 Å². The Bertz CT molecular complexity index is 275. The first-order chi connectivity index (χ1) is 8.09. The molecular weight excluding hydrogens is 214 g/mol. The summed E-state index contributed by atoms with van der Waals surface area (Å²) in [5.41, 5.74) is 0. The number of carboxylic acid groups (broad SMARTS) is 1. The Morgan fingerprint density at radius 2 is 1.94 bits per heavy atom. The average Bonchev–Trinajstić information content (AvgIpc) is 3.08. The summed E-state index contributed by atoms with van der Waals surface area (Å²) in [7, 11) is 0. The minimum Gasteiger partial charge on any atom is -0.481 e. The second-order valence-corrected chi connectivity index (χ2v) is 5.95. The van der Waals surface area contributed by atoms with E-state index in [0.29, 0.717) is 18.5 Å². The lowest BCUT2D eigenvalue weighted by Crippen LogP contribution is -2.46. The monoisotopic (exact) mass is 239 g/mol. The van der Waals surface area contributed by atoms with Gasteiger partial charge in [0.2, 0.25) is 0 Å². The zero-order chi connectivity index (χ0) is 12.4. The molecule has 3 atom stereocenters. The van der Waals surface area contributed by atoms with E-state index >= 15 is 0 Å². The first kappa shape index (κ1) is 12.9. The van der Waals surface area contributed by atoms with Crippen LogP contribution in [0.5, 0.6) is 0 Å². The molecule has 0 amide bonds. The third-order valence-corrected chi connectivity index (χ3v) is 4.69. The second kappa shape index (κ2) is 5.38. The van der Waals surface area contributed by atoms with Crippen LogP contribution in [0.1, 0.15) is 52.4 Å². The van der Waals surface area contributed by atoms with Crippen molar-refractivity contribution in [3.8, 4) is 0 Å². The van der Waals surface area contributed by atoms with E-state index in [9.17, 15) is 4.79 Å². The van der Waals surface area contributed by atoms with E-state index in [-0.39, 0.29) is 0 Å². The molecule has 0 aliphatic heterocycles. The van der Waals surface area contributed by atoms with Crippen molar-refractivity contribution in [1.29, 1.82) is 0 Å². The number of hydrogen-bond donors (Lipinski definition) is 1. The Morgan fingerprint density at radius 1 is 1.24 bits per heavy atom. The van der Waals surface area contributed by atoms with Crippen LogP contribution >= 0.6 is 0 Å². The predicted molar refractivity (Wildman–Crippen MR) is 67.9 cm³/mol. The summed E-state index contributed by atoms with van der Waals surface area (Å²) in [4.78, 5) is 13.3. The predicted octanol–water partition coefficient (Wildman–Crippen LogP) is 2.75. The van der Waals surface area contributed by atoms with Crippen molar-refractivity contribution in [3.63, 3.8) is 0 Å². The number of carboxylic acids is 1. The summed E-state index contributed by atoms with van der Waals surface area (Å²) in [5, 5.41) is 8.85. The molecule has 2 aliphatic carbocycles. The van der Waals surface area contributed by atoms with Gasteiger partial charge in [-0.3, -0.25) is 9.69 Å². The Balaban J connectivity index is 1.96. The fourth-order valence-corrected chi connectivity index (χ4v) is 3.27. The van der Waals surface area contributed by atoms with Crippen LogP contribution in [-0.4, -0.2) is 34.6 Å². The standard InChI is InChI=1S/C14H25NO2/c1-10-4-3-5-13(11(10)2)15(12-6-7-12)9-8-14(16)17/h10-13H,3-9H2,1-2H3,(H,16,17). The summed E-state index contributed by atoms with van der Waals surface area (Å²) in [6.45, 7) is 5.45. The number of carbonyl (C=O) groups is 1. The molecule has 0 heterocycles. The maximum absolute atomic E-state index is 10.7. The summed E-state index contributed by atoms with van der Waals surface area (Å²) >= 11 is 0. The van der Waals surface area contributed by atoms with Crippen LogP contribution in [0.15, 0.2) is 0 Å². The van der Waals surface area contributed by atoms with E-state index < -0.39 is 5.97 Å². The summed E-state index contributed by atoms with van der Waals surface area (Å²) in [5.74, 6) is 0.852. The van der Waals surface area contributed by atoms with Crippen LogP contribution < -0.4 is 0 Å². The maximum Gasteiger partial charge on any atom is 0.304 e. The van der Waals surface area contributed by atoms with Crippen LogP contribution in [0.4, 0.5) is 0 Å². The molecular formula is C14H25NO2. The van der Waals surface area contributed by atoms with Crippen molar-refractivity contribution in [2.45, 2.75) is 64.5 Å². The normalized spacial score (nSPS) is 33.9. The van der Waals surface area contributed by atoms with Crippen LogP contribution in [0.25, 0.3) is 0 Å². The molecule has 2 rings (SSSR count). The molecule has 0 radical (unpaired) electrons. The first-order valence-corrected chi connectivity index (χ1v) is 7.07. The highest BCUT2D eigenvalue weighted by Gasteiger charge is 2.38. The molecule has 98 valence electrons. The van der Waals surface area contributed by atoms with Crippen LogP contribution in [0.2, 0.25) is 0 Å². The molecule has 0 aromatic heterocycles. The maximum atomic E-state index is 10.7. The van der Waals surface area contributed by atoms with Gasteiger partial charge in [0.15, 0.2) is 0 Å². The summed E-state index contributed by atoms with van der Waals surface area (Å²) < 4.78 is 0. The van der Waals surface area contributed by atoms with Gasteiger partial charge in [-0.1, -0.05) is 26.7 Å². The Labute approximate surface area is 104 Å². The number of nitrogens with zero attached hydrogens (tertiary/aromatic N) is 1. The van der Waals surface area contributed by atoms with E-state index in [1.807, 2.05) is 0 Å². The lowest BCUT2D eigenvalue weighted by Gasteiger charge is -2.41. The van der Waals surface area contributed by atoms with Crippen molar-refractivity contribution in [2.24, 2.45) is 11.8 Å². The van der Waals surface area contributed by atoms with Gasteiger partial charge in [-0.05, 0) is 31.1 Å².